The molecule has 2 aromatic heterocycles. The predicted molar refractivity (Wildman–Crippen MR) is 134 cm³/mol. The highest BCUT2D eigenvalue weighted by molar-refractivity contribution is 6.12. The lowest BCUT2D eigenvalue weighted by Gasteiger charge is -2.09. The fourth-order valence-electron chi connectivity index (χ4n) is 5.40. The van der Waals surface area contributed by atoms with E-state index in [1.165, 1.54) is 71.4 Å². The number of hydrogen-bond acceptors (Lipinski definition) is 0. The van der Waals surface area contributed by atoms with E-state index in [-0.39, 0.29) is 0 Å². The van der Waals surface area contributed by atoms with Crippen LogP contribution in [-0.2, 0) is 14.1 Å². The normalized spacial score (nSPS) is 12.0. The van der Waals surface area contributed by atoms with Gasteiger partial charge in [-0.05, 0) is 85.5 Å². The molecular weight excluding hydrogens is 376 g/mol. The van der Waals surface area contributed by atoms with E-state index in [1.54, 1.807) is 0 Å². The van der Waals surface area contributed by atoms with Crippen LogP contribution in [0.5, 0.6) is 0 Å². The highest BCUT2D eigenvalue weighted by atomic mass is 14.9. The molecule has 31 heavy (non-hydrogen) atoms. The van der Waals surface area contributed by atoms with Crippen molar-refractivity contribution in [3.05, 3.63) is 83.4 Å². The van der Waals surface area contributed by atoms with Crippen molar-refractivity contribution in [2.75, 3.05) is 0 Å². The van der Waals surface area contributed by atoms with Crippen molar-refractivity contribution >= 4 is 43.6 Å². The van der Waals surface area contributed by atoms with Crippen molar-refractivity contribution in [1.82, 2.24) is 9.13 Å². The molecule has 0 radical (unpaired) electrons. The third-order valence-corrected chi connectivity index (χ3v) is 7.06. The topological polar surface area (TPSA) is 9.86 Å². The van der Waals surface area contributed by atoms with E-state index in [1.807, 2.05) is 0 Å². The van der Waals surface area contributed by atoms with Crippen LogP contribution in [0, 0.1) is 20.8 Å². The fraction of sp³-hybridized carbons (Fsp3) is 0.172. The van der Waals surface area contributed by atoms with Crippen LogP contribution in [0.4, 0.5) is 0 Å². The average Bonchev–Trinajstić information content (AvgIpc) is 3.19. The molecule has 2 heteroatoms. The number of benzene rings is 4. The van der Waals surface area contributed by atoms with Crippen molar-refractivity contribution in [3.8, 4) is 11.1 Å². The number of rotatable bonds is 1. The lowest BCUT2D eigenvalue weighted by atomic mass is 9.96. The first kappa shape index (κ1) is 18.3. The molecular formula is C29H26N2. The standard InChI is InChI=1S/C29H26N2/c1-17-9-11-25-22(13-17)23-14-19(3)21(16-28(23)31(25)5)20-10-12-26-24(15-20)29-18(2)7-6-8-27(29)30(26)4/h6-16H,1-5H3. The SMILES string of the molecule is Cc1ccc2c(c1)c1cc(C)c(-c3ccc4c(c3)c3c(C)cccc3n4C)cc1n2C. The average molecular weight is 403 g/mol. The fourth-order valence-corrected chi connectivity index (χ4v) is 5.40. The van der Waals surface area contributed by atoms with Crippen LogP contribution in [0.15, 0.2) is 66.7 Å². The van der Waals surface area contributed by atoms with E-state index in [2.05, 4.69) is 111 Å². The van der Waals surface area contributed by atoms with Crippen LogP contribution in [-0.4, -0.2) is 9.13 Å². The van der Waals surface area contributed by atoms with Crippen LogP contribution in [0.25, 0.3) is 54.7 Å². The molecule has 0 aliphatic heterocycles. The molecule has 0 spiro atoms. The second-order valence-electron chi connectivity index (χ2n) is 9.02. The Labute approximate surface area is 182 Å². The Morgan fingerprint density at radius 1 is 0.548 bits per heavy atom. The van der Waals surface area contributed by atoms with Crippen LogP contribution in [0.3, 0.4) is 0 Å². The summed E-state index contributed by atoms with van der Waals surface area (Å²) in [5.41, 5.74) is 11.7. The largest absolute Gasteiger partial charge is 0.344 e. The van der Waals surface area contributed by atoms with E-state index in [0.717, 1.165) is 0 Å². The molecule has 0 unspecified atom stereocenters. The smallest absolute Gasteiger partial charge is 0.0495 e. The summed E-state index contributed by atoms with van der Waals surface area (Å²) in [4.78, 5) is 0. The first-order valence-electron chi connectivity index (χ1n) is 10.9. The van der Waals surface area contributed by atoms with Crippen molar-refractivity contribution in [3.63, 3.8) is 0 Å². The van der Waals surface area contributed by atoms with Gasteiger partial charge in [0.25, 0.3) is 0 Å². The molecule has 2 nitrogen and oxygen atoms in total. The third kappa shape index (κ3) is 2.45. The van der Waals surface area contributed by atoms with Gasteiger partial charge >= 0.3 is 0 Å². The first-order chi connectivity index (χ1) is 14.9. The van der Waals surface area contributed by atoms with E-state index in [0.29, 0.717) is 0 Å². The third-order valence-electron chi connectivity index (χ3n) is 7.06. The molecule has 6 aromatic rings. The highest BCUT2D eigenvalue weighted by Crippen LogP contribution is 2.37. The lowest BCUT2D eigenvalue weighted by Crippen LogP contribution is -1.90. The molecule has 152 valence electrons. The van der Waals surface area contributed by atoms with E-state index in [4.69, 9.17) is 0 Å². The molecule has 0 bridgehead atoms. The van der Waals surface area contributed by atoms with E-state index >= 15 is 0 Å². The summed E-state index contributed by atoms with van der Waals surface area (Å²) >= 11 is 0. The number of aryl methyl sites for hydroxylation is 5. The van der Waals surface area contributed by atoms with Crippen LogP contribution < -0.4 is 0 Å². The Morgan fingerprint density at radius 3 is 2.10 bits per heavy atom. The maximum atomic E-state index is 2.38. The van der Waals surface area contributed by atoms with Gasteiger partial charge in [-0.3, -0.25) is 0 Å². The van der Waals surface area contributed by atoms with E-state index < -0.39 is 0 Å². The zero-order valence-electron chi connectivity index (χ0n) is 18.7. The van der Waals surface area contributed by atoms with Gasteiger partial charge in [-0.15, -0.1) is 0 Å². The van der Waals surface area contributed by atoms with Gasteiger partial charge < -0.3 is 9.13 Å². The zero-order chi connectivity index (χ0) is 21.4. The van der Waals surface area contributed by atoms with Crippen LogP contribution in [0.2, 0.25) is 0 Å². The summed E-state index contributed by atoms with van der Waals surface area (Å²) in [6.45, 7) is 6.62. The Hall–Kier alpha value is -3.52. The quantitative estimate of drug-likeness (QED) is 0.268. The number of aromatic nitrogens is 2. The molecule has 2 heterocycles. The second kappa shape index (κ2) is 6.24. The number of fused-ring (bicyclic) bond motifs is 6. The van der Waals surface area contributed by atoms with Gasteiger partial charge in [-0.25, -0.2) is 0 Å². The van der Waals surface area contributed by atoms with E-state index in [9.17, 15) is 0 Å². The Balaban J connectivity index is 1.66. The maximum Gasteiger partial charge on any atom is 0.0495 e. The summed E-state index contributed by atoms with van der Waals surface area (Å²) in [5, 5.41) is 5.37. The van der Waals surface area contributed by atoms with Crippen molar-refractivity contribution in [2.24, 2.45) is 14.1 Å². The summed E-state index contributed by atoms with van der Waals surface area (Å²) < 4.78 is 4.64. The second-order valence-corrected chi connectivity index (χ2v) is 9.02. The van der Waals surface area contributed by atoms with Crippen LogP contribution in [0.1, 0.15) is 16.7 Å². The van der Waals surface area contributed by atoms with Crippen molar-refractivity contribution in [2.45, 2.75) is 20.8 Å². The summed E-state index contributed by atoms with van der Waals surface area (Å²) in [6.07, 6.45) is 0. The molecule has 0 atom stereocenters. The number of hydrogen-bond donors (Lipinski definition) is 0. The molecule has 0 aliphatic carbocycles. The van der Waals surface area contributed by atoms with Gasteiger partial charge in [0.05, 0.1) is 0 Å². The monoisotopic (exact) mass is 402 g/mol. The summed E-state index contributed by atoms with van der Waals surface area (Å²) in [5.74, 6) is 0. The minimum atomic E-state index is 1.28. The Kier molecular flexibility index (Phi) is 3.68. The number of nitrogens with zero attached hydrogens (tertiary/aromatic N) is 2. The molecule has 0 saturated heterocycles. The highest BCUT2D eigenvalue weighted by Gasteiger charge is 2.15. The zero-order valence-corrected chi connectivity index (χ0v) is 18.7. The lowest BCUT2D eigenvalue weighted by molar-refractivity contribution is 1.01. The van der Waals surface area contributed by atoms with Gasteiger partial charge in [0.15, 0.2) is 0 Å². The minimum Gasteiger partial charge on any atom is -0.344 e. The van der Waals surface area contributed by atoms with Gasteiger partial charge in [-0.1, -0.05) is 29.8 Å². The van der Waals surface area contributed by atoms with Crippen molar-refractivity contribution < 1.29 is 0 Å². The van der Waals surface area contributed by atoms with Crippen molar-refractivity contribution in [1.29, 1.82) is 0 Å². The molecule has 0 fully saturated rings. The Bertz CT molecular complexity index is 1670. The molecule has 0 amide bonds. The summed E-state index contributed by atoms with van der Waals surface area (Å²) in [6, 6.07) is 25.0. The van der Waals surface area contributed by atoms with Crippen LogP contribution >= 0.6 is 0 Å². The maximum absolute atomic E-state index is 2.38. The molecule has 0 N–H and O–H groups in total. The molecule has 0 saturated carbocycles. The Morgan fingerprint density at radius 2 is 1.26 bits per heavy atom. The predicted octanol–water partition coefficient (Wildman–Crippen LogP) is 7.57. The van der Waals surface area contributed by atoms with Gasteiger partial charge in [0.2, 0.25) is 0 Å². The summed E-state index contributed by atoms with van der Waals surface area (Å²) in [7, 11) is 4.34. The van der Waals surface area contributed by atoms with Gasteiger partial charge in [0.1, 0.15) is 0 Å². The first-order valence-corrected chi connectivity index (χ1v) is 10.9. The molecule has 0 aliphatic rings. The minimum absolute atomic E-state index is 1.28. The molecule has 6 rings (SSSR count). The van der Waals surface area contributed by atoms with Gasteiger partial charge in [0, 0.05) is 57.7 Å². The van der Waals surface area contributed by atoms with Gasteiger partial charge in [-0.2, -0.15) is 0 Å². The molecule has 4 aromatic carbocycles.